The first kappa shape index (κ1) is 14.3. The summed E-state index contributed by atoms with van der Waals surface area (Å²) in [5.41, 5.74) is 0. The standard InChI is InChI=1S/C14H22O5/c1-2-3-4-5-6-18-14(17)10-8-12-11(19-12)7-9(10)13(15)16/h9-12H,2-8H2,1H3,(H,15,16). The number of carboxylic acids is 1. The van der Waals surface area contributed by atoms with Gasteiger partial charge in [-0.1, -0.05) is 26.2 Å². The number of carbonyl (C=O) groups excluding carboxylic acids is 1. The Labute approximate surface area is 113 Å². The van der Waals surface area contributed by atoms with E-state index in [1.165, 1.54) is 0 Å². The van der Waals surface area contributed by atoms with E-state index >= 15 is 0 Å². The maximum atomic E-state index is 12.0. The first-order valence-electron chi connectivity index (χ1n) is 7.18. The zero-order valence-corrected chi connectivity index (χ0v) is 11.3. The van der Waals surface area contributed by atoms with Crippen LogP contribution in [-0.2, 0) is 19.1 Å². The fraction of sp³-hybridized carbons (Fsp3) is 0.857. The summed E-state index contributed by atoms with van der Waals surface area (Å²) in [4.78, 5) is 23.2. The molecule has 5 nitrogen and oxygen atoms in total. The quantitative estimate of drug-likeness (QED) is 0.435. The van der Waals surface area contributed by atoms with Gasteiger partial charge in [-0.05, 0) is 19.3 Å². The van der Waals surface area contributed by atoms with E-state index in [1.54, 1.807) is 0 Å². The van der Waals surface area contributed by atoms with Crippen LogP contribution in [0.1, 0.15) is 45.4 Å². The van der Waals surface area contributed by atoms with Gasteiger partial charge in [0.25, 0.3) is 0 Å². The molecule has 0 bridgehead atoms. The summed E-state index contributed by atoms with van der Waals surface area (Å²) in [6.45, 7) is 2.52. The van der Waals surface area contributed by atoms with Crippen LogP contribution in [0.25, 0.3) is 0 Å². The molecule has 4 unspecified atom stereocenters. The van der Waals surface area contributed by atoms with Gasteiger partial charge in [0.1, 0.15) is 0 Å². The first-order valence-corrected chi connectivity index (χ1v) is 7.18. The third kappa shape index (κ3) is 3.69. The zero-order chi connectivity index (χ0) is 13.8. The lowest BCUT2D eigenvalue weighted by Crippen LogP contribution is -2.36. The Morgan fingerprint density at radius 2 is 1.84 bits per heavy atom. The number of ether oxygens (including phenoxy) is 2. The van der Waals surface area contributed by atoms with Crippen LogP contribution in [0.3, 0.4) is 0 Å². The highest BCUT2D eigenvalue weighted by Gasteiger charge is 2.53. The van der Waals surface area contributed by atoms with Gasteiger partial charge in [0, 0.05) is 0 Å². The second kappa shape index (κ2) is 6.37. The Morgan fingerprint density at radius 1 is 1.16 bits per heavy atom. The number of carbonyl (C=O) groups is 2. The Balaban J connectivity index is 1.77. The number of esters is 1. The SMILES string of the molecule is CCCCCCOC(=O)C1CC2OC2CC1C(=O)O. The molecule has 1 aliphatic carbocycles. The molecule has 0 spiro atoms. The molecule has 108 valence electrons. The lowest BCUT2D eigenvalue weighted by Gasteiger charge is -2.24. The predicted molar refractivity (Wildman–Crippen MR) is 67.6 cm³/mol. The number of unbranched alkanes of at least 4 members (excludes halogenated alkanes) is 3. The molecular weight excluding hydrogens is 248 g/mol. The van der Waals surface area contributed by atoms with Crippen LogP contribution in [0, 0.1) is 11.8 Å². The van der Waals surface area contributed by atoms with Gasteiger partial charge in [0.15, 0.2) is 0 Å². The third-order valence-electron chi connectivity index (χ3n) is 4.01. The maximum absolute atomic E-state index is 12.0. The van der Waals surface area contributed by atoms with Crippen LogP contribution >= 0.6 is 0 Å². The summed E-state index contributed by atoms with van der Waals surface area (Å²) >= 11 is 0. The van der Waals surface area contributed by atoms with Gasteiger partial charge in [0.2, 0.25) is 0 Å². The predicted octanol–water partition coefficient (Wildman–Crippen LogP) is 1.99. The molecule has 1 saturated carbocycles. The van der Waals surface area contributed by atoms with Crippen LogP contribution in [0.5, 0.6) is 0 Å². The Hall–Kier alpha value is -1.10. The van der Waals surface area contributed by atoms with Crippen LogP contribution in [0.2, 0.25) is 0 Å². The lowest BCUT2D eigenvalue weighted by molar-refractivity contribution is -0.159. The van der Waals surface area contributed by atoms with E-state index in [-0.39, 0.29) is 18.2 Å². The molecular formula is C14H22O5. The van der Waals surface area contributed by atoms with Gasteiger partial charge in [-0.15, -0.1) is 0 Å². The molecule has 0 aromatic carbocycles. The van der Waals surface area contributed by atoms with E-state index in [4.69, 9.17) is 9.47 Å². The molecule has 0 radical (unpaired) electrons. The summed E-state index contributed by atoms with van der Waals surface area (Å²) in [6.07, 6.45) is 5.24. The van der Waals surface area contributed by atoms with Gasteiger partial charge < -0.3 is 14.6 Å². The van der Waals surface area contributed by atoms with Crippen molar-refractivity contribution >= 4 is 11.9 Å². The van der Waals surface area contributed by atoms with E-state index in [2.05, 4.69) is 6.92 Å². The molecule has 2 fully saturated rings. The monoisotopic (exact) mass is 270 g/mol. The molecule has 1 saturated heterocycles. The molecule has 0 aromatic rings. The molecule has 1 N–H and O–H groups in total. The second-order valence-corrected chi connectivity index (χ2v) is 5.46. The number of hydrogen-bond donors (Lipinski definition) is 1. The van der Waals surface area contributed by atoms with E-state index in [9.17, 15) is 14.7 Å². The van der Waals surface area contributed by atoms with Crippen molar-refractivity contribution in [2.45, 2.75) is 57.7 Å². The van der Waals surface area contributed by atoms with E-state index in [1.807, 2.05) is 0 Å². The maximum Gasteiger partial charge on any atom is 0.309 e. The van der Waals surface area contributed by atoms with Crippen LogP contribution in [-0.4, -0.2) is 35.9 Å². The third-order valence-corrected chi connectivity index (χ3v) is 4.01. The minimum absolute atomic E-state index is 0.0507. The molecule has 0 aromatic heterocycles. The Morgan fingerprint density at radius 3 is 2.47 bits per heavy atom. The number of epoxide rings is 1. The van der Waals surface area contributed by atoms with Crippen LogP contribution < -0.4 is 0 Å². The number of carboxylic acid groups (broad SMARTS) is 1. The number of aliphatic carboxylic acids is 1. The number of hydrogen-bond acceptors (Lipinski definition) is 4. The highest BCUT2D eigenvalue weighted by atomic mass is 16.6. The normalized spacial score (nSPS) is 32.5. The largest absolute Gasteiger partial charge is 0.481 e. The van der Waals surface area contributed by atoms with Crippen molar-refractivity contribution in [3.8, 4) is 0 Å². The fourth-order valence-electron chi connectivity index (χ4n) is 2.76. The van der Waals surface area contributed by atoms with E-state index in [0.717, 1.165) is 25.7 Å². The lowest BCUT2D eigenvalue weighted by atomic mass is 9.79. The average Bonchev–Trinajstić information content (AvgIpc) is 3.14. The minimum atomic E-state index is -0.915. The molecule has 5 heteroatoms. The zero-order valence-electron chi connectivity index (χ0n) is 11.3. The summed E-state index contributed by atoms with van der Waals surface area (Å²) < 4.78 is 10.5. The van der Waals surface area contributed by atoms with Crippen LogP contribution in [0.15, 0.2) is 0 Å². The highest BCUT2D eigenvalue weighted by Crippen LogP contribution is 2.43. The van der Waals surface area contributed by atoms with Crippen LogP contribution in [0.4, 0.5) is 0 Å². The molecule has 4 atom stereocenters. The molecule has 0 amide bonds. The minimum Gasteiger partial charge on any atom is -0.481 e. The van der Waals surface area contributed by atoms with Gasteiger partial charge >= 0.3 is 11.9 Å². The summed E-state index contributed by atoms with van der Waals surface area (Å²) in [5, 5.41) is 9.17. The summed E-state index contributed by atoms with van der Waals surface area (Å²) in [7, 11) is 0. The van der Waals surface area contributed by atoms with Gasteiger partial charge in [0.05, 0.1) is 30.7 Å². The number of fused-ring (bicyclic) bond motifs is 1. The van der Waals surface area contributed by atoms with Crippen molar-refractivity contribution in [3.63, 3.8) is 0 Å². The van der Waals surface area contributed by atoms with Gasteiger partial charge in [-0.2, -0.15) is 0 Å². The van der Waals surface area contributed by atoms with E-state index < -0.39 is 17.8 Å². The van der Waals surface area contributed by atoms with Gasteiger partial charge in [-0.25, -0.2) is 0 Å². The van der Waals surface area contributed by atoms with Crippen molar-refractivity contribution in [2.75, 3.05) is 6.61 Å². The molecule has 1 aliphatic heterocycles. The van der Waals surface area contributed by atoms with Crippen molar-refractivity contribution in [1.82, 2.24) is 0 Å². The Kier molecular flexibility index (Phi) is 4.80. The van der Waals surface area contributed by atoms with E-state index in [0.29, 0.717) is 19.4 Å². The van der Waals surface area contributed by atoms with Crippen molar-refractivity contribution in [1.29, 1.82) is 0 Å². The Bertz CT molecular complexity index is 341. The topological polar surface area (TPSA) is 76.1 Å². The molecule has 2 rings (SSSR count). The highest BCUT2D eigenvalue weighted by molar-refractivity contribution is 5.81. The fourth-order valence-corrected chi connectivity index (χ4v) is 2.76. The summed E-state index contributed by atoms with van der Waals surface area (Å²) in [6, 6.07) is 0. The summed E-state index contributed by atoms with van der Waals surface area (Å²) in [5.74, 6) is -2.46. The van der Waals surface area contributed by atoms with Crippen molar-refractivity contribution in [2.24, 2.45) is 11.8 Å². The second-order valence-electron chi connectivity index (χ2n) is 5.46. The molecule has 1 heterocycles. The smallest absolute Gasteiger partial charge is 0.309 e. The van der Waals surface area contributed by atoms with Crippen molar-refractivity contribution < 1.29 is 24.2 Å². The van der Waals surface area contributed by atoms with Crippen molar-refractivity contribution in [3.05, 3.63) is 0 Å². The van der Waals surface area contributed by atoms with Gasteiger partial charge in [-0.3, -0.25) is 9.59 Å². The molecule has 2 aliphatic rings. The molecule has 19 heavy (non-hydrogen) atoms. The average molecular weight is 270 g/mol. The number of rotatable bonds is 7. The first-order chi connectivity index (χ1) is 9.13.